The minimum atomic E-state index is -3.24. The summed E-state index contributed by atoms with van der Waals surface area (Å²) in [6.45, 7) is 2.03. The Morgan fingerprint density at radius 1 is 1.43 bits per heavy atom. The molecule has 0 aliphatic rings. The van der Waals surface area contributed by atoms with Gasteiger partial charge in [-0.05, 0) is 19.3 Å². The zero-order chi connectivity index (χ0) is 11.2. The van der Waals surface area contributed by atoms with Gasteiger partial charge in [-0.25, -0.2) is 13.2 Å². The summed E-state index contributed by atoms with van der Waals surface area (Å²) in [6.07, 6.45) is -1.21. The van der Waals surface area contributed by atoms with Gasteiger partial charge in [0.2, 0.25) is 0 Å². The molecule has 0 aliphatic heterocycles. The van der Waals surface area contributed by atoms with Gasteiger partial charge >= 0.3 is 0 Å². The van der Waals surface area contributed by atoms with Crippen molar-refractivity contribution in [2.75, 3.05) is 5.75 Å². The first-order chi connectivity index (χ1) is 6.34. The Labute approximate surface area is 86.4 Å². The molecule has 0 aliphatic carbocycles. The molecule has 14 heavy (non-hydrogen) atoms. The van der Waals surface area contributed by atoms with Crippen molar-refractivity contribution < 1.29 is 18.0 Å². The van der Waals surface area contributed by atoms with E-state index in [-0.39, 0.29) is 11.5 Å². The monoisotopic (exact) mass is 228 g/mol. The normalized spacial score (nSPS) is 14.1. The molecule has 0 saturated carbocycles. The van der Waals surface area contributed by atoms with Crippen molar-refractivity contribution in [3.05, 3.63) is 0 Å². The second kappa shape index (κ2) is 6.32. The molecule has 0 aromatic heterocycles. The molecule has 1 unspecified atom stereocenters. The minimum Gasteiger partial charge on any atom is -0.288 e. The van der Waals surface area contributed by atoms with Crippen LogP contribution in [0.3, 0.4) is 0 Å². The van der Waals surface area contributed by atoms with Crippen LogP contribution < -0.4 is 0 Å². The standard InChI is InChI=1S/C9H15F3OS/c1-7(13)14-6-4-3-5-8(10)9(2,11)12/h8H,3-6H2,1-2H3. The van der Waals surface area contributed by atoms with Gasteiger partial charge in [0.05, 0.1) is 0 Å². The predicted molar refractivity (Wildman–Crippen MR) is 52.5 cm³/mol. The third-order valence-electron chi connectivity index (χ3n) is 1.71. The third-order valence-corrected chi connectivity index (χ3v) is 2.61. The molecule has 0 amide bonds. The van der Waals surface area contributed by atoms with Crippen molar-refractivity contribution in [3.8, 4) is 0 Å². The molecule has 0 spiro atoms. The summed E-state index contributed by atoms with van der Waals surface area (Å²) in [7, 11) is 0. The average Bonchev–Trinajstić information content (AvgIpc) is 2.01. The third kappa shape index (κ3) is 7.24. The lowest BCUT2D eigenvalue weighted by atomic mass is 10.1. The quantitative estimate of drug-likeness (QED) is 0.648. The molecule has 0 radical (unpaired) electrons. The summed E-state index contributed by atoms with van der Waals surface area (Å²) < 4.78 is 37.3. The molecule has 0 aromatic rings. The number of unbranched alkanes of at least 4 members (excludes halogenated alkanes) is 1. The number of thioether (sulfide) groups is 1. The summed E-state index contributed by atoms with van der Waals surface area (Å²) in [5.41, 5.74) is 0. The summed E-state index contributed by atoms with van der Waals surface area (Å²) in [5.74, 6) is -2.66. The minimum absolute atomic E-state index is 0.00243. The van der Waals surface area contributed by atoms with E-state index in [0.717, 1.165) is 11.8 Å². The van der Waals surface area contributed by atoms with Gasteiger partial charge in [-0.1, -0.05) is 11.8 Å². The second-order valence-electron chi connectivity index (χ2n) is 3.26. The van der Waals surface area contributed by atoms with Crippen molar-refractivity contribution >= 4 is 16.9 Å². The number of hydrogen-bond acceptors (Lipinski definition) is 2. The number of carbonyl (C=O) groups is 1. The van der Waals surface area contributed by atoms with Crippen LogP contribution in [0, 0.1) is 0 Å². The van der Waals surface area contributed by atoms with E-state index in [9.17, 15) is 18.0 Å². The molecular formula is C9H15F3OS. The largest absolute Gasteiger partial charge is 0.288 e. The lowest BCUT2D eigenvalue weighted by molar-refractivity contribution is -0.109. The van der Waals surface area contributed by atoms with E-state index in [2.05, 4.69) is 0 Å². The predicted octanol–water partition coefficient (Wildman–Crippen LogP) is 3.43. The van der Waals surface area contributed by atoms with Crippen LogP contribution in [0.5, 0.6) is 0 Å². The first kappa shape index (κ1) is 13.8. The van der Waals surface area contributed by atoms with Crippen molar-refractivity contribution in [2.24, 2.45) is 0 Å². The summed E-state index contributed by atoms with van der Waals surface area (Å²) >= 11 is 1.14. The first-order valence-electron chi connectivity index (χ1n) is 4.49. The molecular weight excluding hydrogens is 213 g/mol. The van der Waals surface area contributed by atoms with E-state index in [1.165, 1.54) is 6.92 Å². The Hall–Kier alpha value is -0.190. The van der Waals surface area contributed by atoms with E-state index < -0.39 is 12.1 Å². The maximum atomic E-state index is 12.7. The Morgan fingerprint density at radius 2 is 2.00 bits per heavy atom. The molecule has 0 bridgehead atoms. The van der Waals surface area contributed by atoms with Crippen LogP contribution in [0.15, 0.2) is 0 Å². The SMILES string of the molecule is CC(=O)SCCCCC(F)C(C)(F)F. The van der Waals surface area contributed by atoms with E-state index in [1.54, 1.807) is 0 Å². The first-order valence-corrected chi connectivity index (χ1v) is 5.48. The van der Waals surface area contributed by atoms with Crippen molar-refractivity contribution in [1.29, 1.82) is 0 Å². The van der Waals surface area contributed by atoms with Crippen LogP contribution in [0.2, 0.25) is 0 Å². The van der Waals surface area contributed by atoms with Crippen LogP contribution in [0.25, 0.3) is 0 Å². The molecule has 0 rings (SSSR count). The van der Waals surface area contributed by atoms with Gasteiger partial charge in [0, 0.05) is 19.6 Å². The molecule has 84 valence electrons. The highest BCUT2D eigenvalue weighted by molar-refractivity contribution is 8.13. The van der Waals surface area contributed by atoms with Crippen molar-refractivity contribution in [1.82, 2.24) is 0 Å². The van der Waals surface area contributed by atoms with Gasteiger partial charge in [-0.3, -0.25) is 4.79 Å². The molecule has 0 N–H and O–H groups in total. The van der Waals surface area contributed by atoms with Gasteiger partial charge in [0.15, 0.2) is 11.3 Å². The van der Waals surface area contributed by atoms with Gasteiger partial charge in [-0.2, -0.15) is 0 Å². The molecule has 0 fully saturated rings. The van der Waals surface area contributed by atoms with Gasteiger partial charge < -0.3 is 0 Å². The molecule has 1 nitrogen and oxygen atoms in total. The Morgan fingerprint density at radius 3 is 2.43 bits per heavy atom. The maximum absolute atomic E-state index is 12.7. The lowest BCUT2D eigenvalue weighted by Gasteiger charge is -2.15. The number of alkyl halides is 3. The Kier molecular flexibility index (Phi) is 6.24. The fraction of sp³-hybridized carbons (Fsp3) is 0.889. The van der Waals surface area contributed by atoms with E-state index in [1.807, 2.05) is 0 Å². The highest BCUT2D eigenvalue weighted by atomic mass is 32.2. The number of carbonyl (C=O) groups excluding carboxylic acids is 1. The van der Waals surface area contributed by atoms with Crippen LogP contribution in [0.1, 0.15) is 33.1 Å². The zero-order valence-corrected chi connectivity index (χ0v) is 9.17. The fourth-order valence-electron chi connectivity index (χ4n) is 0.895. The smallest absolute Gasteiger partial charge is 0.275 e. The van der Waals surface area contributed by atoms with E-state index in [0.29, 0.717) is 25.5 Å². The van der Waals surface area contributed by atoms with Crippen molar-refractivity contribution in [3.63, 3.8) is 0 Å². The van der Waals surface area contributed by atoms with Crippen LogP contribution in [0.4, 0.5) is 13.2 Å². The second-order valence-corrected chi connectivity index (χ2v) is 4.53. The number of halogens is 3. The average molecular weight is 228 g/mol. The highest BCUT2D eigenvalue weighted by Gasteiger charge is 2.33. The van der Waals surface area contributed by atoms with E-state index >= 15 is 0 Å². The van der Waals surface area contributed by atoms with Crippen LogP contribution >= 0.6 is 11.8 Å². The molecule has 0 aromatic carbocycles. The Balaban J connectivity index is 3.41. The Bertz CT molecular complexity index is 179. The van der Waals surface area contributed by atoms with E-state index in [4.69, 9.17) is 0 Å². The summed E-state index contributed by atoms with van der Waals surface area (Å²) in [4.78, 5) is 10.5. The summed E-state index contributed by atoms with van der Waals surface area (Å²) in [5, 5.41) is 0.00243. The highest BCUT2D eigenvalue weighted by Crippen LogP contribution is 2.24. The topological polar surface area (TPSA) is 17.1 Å². The molecule has 5 heteroatoms. The van der Waals surface area contributed by atoms with Crippen LogP contribution in [-0.2, 0) is 4.79 Å². The molecule has 0 saturated heterocycles. The number of rotatable bonds is 6. The number of hydrogen-bond donors (Lipinski definition) is 0. The fourth-order valence-corrected chi connectivity index (χ4v) is 1.53. The molecule has 1 atom stereocenters. The van der Waals surface area contributed by atoms with Crippen molar-refractivity contribution in [2.45, 2.75) is 45.2 Å². The van der Waals surface area contributed by atoms with Crippen LogP contribution in [-0.4, -0.2) is 23.0 Å². The van der Waals surface area contributed by atoms with Gasteiger partial charge in [-0.15, -0.1) is 0 Å². The maximum Gasteiger partial charge on any atom is 0.275 e. The van der Waals surface area contributed by atoms with Gasteiger partial charge in [0.25, 0.3) is 5.92 Å². The van der Waals surface area contributed by atoms with Gasteiger partial charge in [0.1, 0.15) is 0 Å². The lowest BCUT2D eigenvalue weighted by Crippen LogP contribution is -2.25. The summed E-state index contributed by atoms with van der Waals surface area (Å²) in [6, 6.07) is 0. The zero-order valence-electron chi connectivity index (χ0n) is 8.36. The molecule has 0 heterocycles.